The lowest BCUT2D eigenvalue weighted by molar-refractivity contribution is -0.117. The minimum atomic E-state index is -0.363. The summed E-state index contributed by atoms with van der Waals surface area (Å²) in [4.78, 5) is 26.0. The Hall–Kier alpha value is -3.29. The number of nitrogens with one attached hydrogen (secondary N) is 2. The number of carbonyl (C=O) groups is 2. The Bertz CT molecular complexity index is 873. The molecule has 3 amide bonds. The lowest BCUT2D eigenvalue weighted by atomic mass is 10.2. The molecule has 0 unspecified atom stereocenters. The molecule has 1 aliphatic heterocycles. The second-order valence-corrected chi connectivity index (χ2v) is 6.63. The fraction of sp³-hybridized carbons (Fsp3) is 0.333. The molecule has 0 radical (unpaired) electrons. The molecule has 1 aliphatic rings. The van der Waals surface area contributed by atoms with Crippen molar-refractivity contribution >= 4 is 17.6 Å². The van der Waals surface area contributed by atoms with E-state index in [1.54, 1.807) is 30.2 Å². The number of halogens is 1. The average Bonchev–Trinajstić information content (AvgIpc) is 3.07. The van der Waals surface area contributed by atoms with E-state index in [1.165, 1.54) is 12.1 Å². The molecule has 1 saturated heterocycles. The number of amides is 3. The summed E-state index contributed by atoms with van der Waals surface area (Å²) in [6, 6.07) is 10.5. The number of ether oxygens (including phenoxy) is 2. The molecule has 0 spiro atoms. The maximum absolute atomic E-state index is 13.1. The Labute approximate surface area is 168 Å². The molecule has 7 nitrogen and oxygen atoms in total. The highest BCUT2D eigenvalue weighted by molar-refractivity contribution is 5.96. The number of benzene rings is 2. The number of nitrogens with zero attached hydrogens (tertiary/aromatic N) is 1. The van der Waals surface area contributed by atoms with Crippen LogP contribution >= 0.6 is 0 Å². The van der Waals surface area contributed by atoms with Crippen molar-refractivity contribution in [3.63, 3.8) is 0 Å². The molecule has 2 aromatic rings. The van der Waals surface area contributed by atoms with Gasteiger partial charge in [-0.3, -0.25) is 4.79 Å². The highest BCUT2D eigenvalue weighted by Crippen LogP contribution is 2.28. The van der Waals surface area contributed by atoms with Crippen LogP contribution in [0.4, 0.5) is 14.9 Å². The molecule has 2 aromatic carbocycles. The SMILES string of the molecule is CCOc1cc(CNC(=O)N[C@H]2CC(=O)N(c3ccc(F)cc3)C2)ccc1OC. The molecule has 1 atom stereocenters. The zero-order chi connectivity index (χ0) is 20.8. The maximum Gasteiger partial charge on any atom is 0.315 e. The van der Waals surface area contributed by atoms with Gasteiger partial charge in [0.2, 0.25) is 5.91 Å². The predicted octanol–water partition coefficient (Wildman–Crippen LogP) is 2.84. The van der Waals surface area contributed by atoms with Gasteiger partial charge in [-0.1, -0.05) is 6.07 Å². The Morgan fingerprint density at radius 1 is 1.21 bits per heavy atom. The van der Waals surface area contributed by atoms with Gasteiger partial charge >= 0.3 is 6.03 Å². The Kier molecular flexibility index (Phi) is 6.54. The summed E-state index contributed by atoms with van der Waals surface area (Å²) in [6.45, 7) is 3.04. The van der Waals surface area contributed by atoms with Crippen LogP contribution in [0.15, 0.2) is 42.5 Å². The van der Waals surface area contributed by atoms with Gasteiger partial charge in [0.25, 0.3) is 0 Å². The van der Waals surface area contributed by atoms with E-state index in [-0.39, 0.29) is 30.2 Å². The quantitative estimate of drug-likeness (QED) is 0.748. The van der Waals surface area contributed by atoms with E-state index < -0.39 is 0 Å². The van der Waals surface area contributed by atoms with Crippen LogP contribution in [0.5, 0.6) is 11.5 Å². The van der Waals surface area contributed by atoms with Gasteiger partial charge in [-0.15, -0.1) is 0 Å². The van der Waals surface area contributed by atoms with E-state index in [0.29, 0.717) is 36.9 Å². The molecule has 0 aromatic heterocycles. The number of carbonyl (C=O) groups excluding carboxylic acids is 2. The first-order valence-corrected chi connectivity index (χ1v) is 9.40. The van der Waals surface area contributed by atoms with E-state index in [2.05, 4.69) is 10.6 Å². The van der Waals surface area contributed by atoms with Gasteiger partial charge in [-0.25, -0.2) is 9.18 Å². The number of urea groups is 1. The summed E-state index contributed by atoms with van der Waals surface area (Å²) in [5.41, 5.74) is 1.47. The fourth-order valence-corrected chi connectivity index (χ4v) is 3.19. The molecule has 1 fully saturated rings. The minimum Gasteiger partial charge on any atom is -0.493 e. The first-order valence-electron chi connectivity index (χ1n) is 9.40. The van der Waals surface area contributed by atoms with Crippen LogP contribution in [0.25, 0.3) is 0 Å². The van der Waals surface area contributed by atoms with Crippen molar-refractivity contribution in [3.05, 3.63) is 53.8 Å². The molecule has 0 bridgehead atoms. The van der Waals surface area contributed by atoms with E-state index in [4.69, 9.17) is 9.47 Å². The fourth-order valence-electron chi connectivity index (χ4n) is 3.19. The number of anilines is 1. The highest BCUT2D eigenvalue weighted by atomic mass is 19.1. The van der Waals surface area contributed by atoms with Crippen LogP contribution in [-0.4, -0.2) is 38.2 Å². The number of hydrogen-bond acceptors (Lipinski definition) is 4. The molecular formula is C21H24FN3O4. The number of rotatable bonds is 7. The topological polar surface area (TPSA) is 79.9 Å². The van der Waals surface area contributed by atoms with Crippen LogP contribution in [0.2, 0.25) is 0 Å². The minimum absolute atomic E-state index is 0.113. The van der Waals surface area contributed by atoms with Crippen molar-refractivity contribution in [2.75, 3.05) is 25.2 Å². The number of hydrogen-bond donors (Lipinski definition) is 2. The van der Waals surface area contributed by atoms with E-state index in [9.17, 15) is 14.0 Å². The van der Waals surface area contributed by atoms with Gasteiger partial charge in [-0.05, 0) is 48.9 Å². The summed E-state index contributed by atoms with van der Waals surface area (Å²) in [7, 11) is 1.57. The normalized spacial score (nSPS) is 15.9. The van der Waals surface area contributed by atoms with Crippen LogP contribution in [-0.2, 0) is 11.3 Å². The van der Waals surface area contributed by atoms with Gasteiger partial charge in [0, 0.05) is 25.2 Å². The van der Waals surface area contributed by atoms with Crippen molar-refractivity contribution in [2.45, 2.75) is 25.9 Å². The summed E-state index contributed by atoms with van der Waals surface area (Å²) >= 11 is 0. The van der Waals surface area contributed by atoms with Gasteiger partial charge in [-0.2, -0.15) is 0 Å². The molecule has 8 heteroatoms. The average molecular weight is 401 g/mol. The summed E-state index contributed by atoms with van der Waals surface area (Å²) in [5, 5.41) is 5.59. The highest BCUT2D eigenvalue weighted by Gasteiger charge is 2.31. The Morgan fingerprint density at radius 2 is 1.97 bits per heavy atom. The standard InChI is InChI=1S/C21H24FN3O4/c1-3-29-19-10-14(4-9-18(19)28-2)12-23-21(27)24-16-11-20(26)25(13-16)17-7-5-15(22)6-8-17/h4-10,16H,3,11-13H2,1-2H3,(H2,23,24,27)/t16-/m0/s1. The lowest BCUT2D eigenvalue weighted by Gasteiger charge is -2.17. The molecule has 2 N–H and O–H groups in total. The van der Waals surface area contributed by atoms with Gasteiger partial charge < -0.3 is 25.0 Å². The number of methoxy groups -OCH3 is 1. The third-order valence-corrected chi connectivity index (χ3v) is 4.58. The van der Waals surface area contributed by atoms with Gasteiger partial charge in [0.05, 0.1) is 19.8 Å². The first kappa shape index (κ1) is 20.4. The molecule has 154 valence electrons. The zero-order valence-corrected chi connectivity index (χ0v) is 16.4. The van der Waals surface area contributed by atoms with Crippen molar-refractivity contribution in [1.29, 1.82) is 0 Å². The van der Waals surface area contributed by atoms with Crippen molar-refractivity contribution in [3.8, 4) is 11.5 Å². The second-order valence-electron chi connectivity index (χ2n) is 6.63. The lowest BCUT2D eigenvalue weighted by Crippen LogP contribution is -2.43. The molecular weight excluding hydrogens is 377 g/mol. The smallest absolute Gasteiger partial charge is 0.315 e. The van der Waals surface area contributed by atoms with Crippen LogP contribution < -0.4 is 25.0 Å². The summed E-state index contributed by atoms with van der Waals surface area (Å²) in [6.07, 6.45) is 0.196. The van der Waals surface area contributed by atoms with E-state index in [0.717, 1.165) is 5.56 Å². The monoisotopic (exact) mass is 401 g/mol. The van der Waals surface area contributed by atoms with Crippen molar-refractivity contribution < 1.29 is 23.5 Å². The molecule has 3 rings (SSSR count). The predicted molar refractivity (Wildman–Crippen MR) is 107 cm³/mol. The van der Waals surface area contributed by atoms with Gasteiger partial charge in [0.1, 0.15) is 5.82 Å². The van der Waals surface area contributed by atoms with Crippen LogP contribution in [0.1, 0.15) is 18.9 Å². The molecule has 0 saturated carbocycles. The summed E-state index contributed by atoms with van der Waals surface area (Å²) in [5.74, 6) is 0.773. The van der Waals surface area contributed by atoms with Gasteiger partial charge in [0.15, 0.2) is 11.5 Å². The largest absolute Gasteiger partial charge is 0.493 e. The van der Waals surface area contributed by atoms with E-state index in [1.807, 2.05) is 19.1 Å². The molecule has 29 heavy (non-hydrogen) atoms. The Balaban J connectivity index is 1.53. The third kappa shape index (κ3) is 5.16. The summed E-state index contributed by atoms with van der Waals surface area (Å²) < 4.78 is 23.9. The van der Waals surface area contributed by atoms with Crippen molar-refractivity contribution in [1.82, 2.24) is 10.6 Å². The Morgan fingerprint density at radius 3 is 2.66 bits per heavy atom. The van der Waals surface area contributed by atoms with Crippen LogP contribution in [0.3, 0.4) is 0 Å². The maximum atomic E-state index is 13.1. The second kappa shape index (κ2) is 9.27. The third-order valence-electron chi connectivity index (χ3n) is 4.58. The zero-order valence-electron chi connectivity index (χ0n) is 16.4. The van der Waals surface area contributed by atoms with E-state index >= 15 is 0 Å². The van der Waals surface area contributed by atoms with Crippen molar-refractivity contribution in [2.24, 2.45) is 0 Å². The molecule has 1 heterocycles. The first-order chi connectivity index (χ1) is 14.0. The molecule has 0 aliphatic carbocycles. The van der Waals surface area contributed by atoms with Crippen LogP contribution in [0, 0.1) is 5.82 Å².